The van der Waals surface area contributed by atoms with Gasteiger partial charge in [-0.2, -0.15) is 0 Å². The van der Waals surface area contributed by atoms with E-state index in [1.54, 1.807) is 12.3 Å². The van der Waals surface area contributed by atoms with Crippen LogP contribution in [0.15, 0.2) is 36.7 Å². The van der Waals surface area contributed by atoms with Crippen LogP contribution in [-0.4, -0.2) is 44.9 Å². The number of benzene rings is 1. The number of rotatable bonds is 5. The zero-order valence-electron chi connectivity index (χ0n) is 19.8. The van der Waals surface area contributed by atoms with E-state index in [4.69, 9.17) is 16.0 Å². The molecule has 1 amide bonds. The summed E-state index contributed by atoms with van der Waals surface area (Å²) >= 11 is 6.12. The van der Waals surface area contributed by atoms with Crippen molar-refractivity contribution in [1.29, 1.82) is 0 Å². The van der Waals surface area contributed by atoms with Gasteiger partial charge in [-0.25, -0.2) is 0 Å². The Bertz CT molecular complexity index is 1000. The van der Waals surface area contributed by atoms with Crippen LogP contribution in [0.2, 0.25) is 23.2 Å². The van der Waals surface area contributed by atoms with Gasteiger partial charge in [0, 0.05) is 23.7 Å². The Labute approximate surface area is 197 Å². The van der Waals surface area contributed by atoms with Crippen molar-refractivity contribution in [2.75, 3.05) is 29.5 Å². The Kier molecular flexibility index (Phi) is 6.40. The number of fused-ring (bicyclic) bond motifs is 1. The molecular formula is C25H34ClN3O2Si. The van der Waals surface area contributed by atoms with E-state index >= 15 is 0 Å². The van der Waals surface area contributed by atoms with Crippen molar-refractivity contribution in [3.63, 3.8) is 0 Å². The number of hydrogen-bond acceptors (Lipinski definition) is 4. The average molecular weight is 472 g/mol. The quantitative estimate of drug-likeness (QED) is 0.507. The van der Waals surface area contributed by atoms with Crippen LogP contribution in [0.1, 0.15) is 49.5 Å². The third-order valence-electron chi connectivity index (χ3n) is 7.32. The van der Waals surface area contributed by atoms with Crippen LogP contribution >= 0.6 is 11.6 Å². The number of carbonyl (C=O) groups is 1. The highest BCUT2D eigenvalue weighted by atomic mass is 35.5. The molecule has 0 N–H and O–H groups in total. The van der Waals surface area contributed by atoms with Gasteiger partial charge in [0.15, 0.2) is 8.32 Å². The summed E-state index contributed by atoms with van der Waals surface area (Å²) in [6.07, 6.45) is 6.76. The van der Waals surface area contributed by atoms with Crippen LogP contribution in [0.5, 0.6) is 0 Å². The van der Waals surface area contributed by atoms with Gasteiger partial charge >= 0.3 is 0 Å². The molecule has 0 spiro atoms. The largest absolute Gasteiger partial charge is 0.415 e. The molecule has 0 radical (unpaired) electrons. The SMILES string of the molecule is CC(C)(C)[Si](C)(C)OC[C@@H]1CCCN1c1cncc(N2CCc3cc(Cl)ccc3C2=O)c1. The Hall–Kier alpha value is -1.89. The molecule has 1 aromatic carbocycles. The standard InChI is InChI=1S/C25H34ClN3O2Si/c1-25(2,3)32(4,5)31-17-20-7-6-11-28(20)21-14-22(16-27-15-21)29-12-10-18-13-19(26)8-9-23(18)24(29)30/h8-9,13-16,20H,6-7,10-12,17H2,1-5H3/t20-/m0/s1. The lowest BCUT2D eigenvalue weighted by atomic mass is 9.99. The van der Waals surface area contributed by atoms with Crippen molar-refractivity contribution in [2.24, 2.45) is 0 Å². The predicted octanol–water partition coefficient (Wildman–Crippen LogP) is 5.93. The van der Waals surface area contributed by atoms with Gasteiger partial charge in [0.05, 0.1) is 36.4 Å². The smallest absolute Gasteiger partial charge is 0.258 e. The highest BCUT2D eigenvalue weighted by Gasteiger charge is 2.38. The van der Waals surface area contributed by atoms with E-state index in [1.807, 2.05) is 23.2 Å². The molecule has 0 aliphatic carbocycles. The average Bonchev–Trinajstić information content (AvgIpc) is 3.20. The molecule has 0 saturated carbocycles. The van der Waals surface area contributed by atoms with Crippen LogP contribution in [0, 0.1) is 0 Å². The first-order valence-electron chi connectivity index (χ1n) is 11.5. The number of pyridine rings is 1. The summed E-state index contributed by atoms with van der Waals surface area (Å²) < 4.78 is 6.54. The number of aromatic nitrogens is 1. The van der Waals surface area contributed by atoms with Crippen molar-refractivity contribution in [3.8, 4) is 0 Å². The highest BCUT2D eigenvalue weighted by molar-refractivity contribution is 6.74. The molecule has 172 valence electrons. The van der Waals surface area contributed by atoms with Gasteiger partial charge in [-0.3, -0.25) is 9.78 Å². The minimum Gasteiger partial charge on any atom is -0.415 e. The first-order valence-corrected chi connectivity index (χ1v) is 14.8. The fourth-order valence-corrected chi connectivity index (χ4v) is 5.53. The summed E-state index contributed by atoms with van der Waals surface area (Å²) in [6.45, 7) is 13.8. The zero-order chi connectivity index (χ0) is 23.1. The van der Waals surface area contributed by atoms with E-state index in [2.05, 4.69) is 49.8 Å². The number of nitrogens with zero attached hydrogens (tertiary/aromatic N) is 3. The summed E-state index contributed by atoms with van der Waals surface area (Å²) in [7, 11) is -1.79. The maximum Gasteiger partial charge on any atom is 0.258 e. The summed E-state index contributed by atoms with van der Waals surface area (Å²) in [6, 6.07) is 7.97. The van der Waals surface area contributed by atoms with Crippen molar-refractivity contribution < 1.29 is 9.22 Å². The van der Waals surface area contributed by atoms with Gasteiger partial charge < -0.3 is 14.2 Å². The van der Waals surface area contributed by atoms with Gasteiger partial charge in [-0.05, 0) is 67.2 Å². The zero-order valence-corrected chi connectivity index (χ0v) is 21.6. The highest BCUT2D eigenvalue weighted by Crippen LogP contribution is 2.38. The molecule has 2 aliphatic heterocycles. The lowest BCUT2D eigenvalue weighted by Gasteiger charge is -2.38. The Morgan fingerprint density at radius 2 is 1.91 bits per heavy atom. The second-order valence-electron chi connectivity index (χ2n) is 10.5. The van der Waals surface area contributed by atoms with Crippen LogP contribution in [0.4, 0.5) is 11.4 Å². The van der Waals surface area contributed by atoms with Gasteiger partial charge in [-0.1, -0.05) is 32.4 Å². The third-order valence-corrected chi connectivity index (χ3v) is 12.1. The number of hydrogen-bond donors (Lipinski definition) is 0. The first kappa shape index (κ1) is 23.3. The normalized spacial score (nSPS) is 19.4. The Morgan fingerprint density at radius 3 is 2.66 bits per heavy atom. The van der Waals surface area contributed by atoms with Crippen LogP contribution in [0.25, 0.3) is 0 Å². The molecule has 1 saturated heterocycles. The van der Waals surface area contributed by atoms with Gasteiger partial charge in [-0.15, -0.1) is 0 Å². The molecule has 32 heavy (non-hydrogen) atoms. The van der Waals surface area contributed by atoms with E-state index in [-0.39, 0.29) is 10.9 Å². The summed E-state index contributed by atoms with van der Waals surface area (Å²) in [5, 5.41) is 0.876. The second-order valence-corrected chi connectivity index (χ2v) is 15.7. The van der Waals surface area contributed by atoms with Gasteiger partial charge in [0.2, 0.25) is 0 Å². The number of carbonyl (C=O) groups excluding carboxylic acids is 1. The van der Waals surface area contributed by atoms with E-state index in [0.29, 0.717) is 17.6 Å². The molecule has 5 nitrogen and oxygen atoms in total. The van der Waals surface area contributed by atoms with Crippen LogP contribution in [0.3, 0.4) is 0 Å². The lowest BCUT2D eigenvalue weighted by molar-refractivity contribution is 0.0980. The topological polar surface area (TPSA) is 45.7 Å². The minimum atomic E-state index is -1.79. The molecule has 0 bridgehead atoms. The molecule has 1 aromatic heterocycles. The third kappa shape index (κ3) is 4.59. The molecule has 4 rings (SSSR count). The summed E-state index contributed by atoms with van der Waals surface area (Å²) in [5.74, 6) is 0.0149. The summed E-state index contributed by atoms with van der Waals surface area (Å²) in [4.78, 5) is 21.9. The predicted molar refractivity (Wildman–Crippen MR) is 135 cm³/mol. The van der Waals surface area contributed by atoms with E-state index in [1.165, 1.54) is 0 Å². The monoisotopic (exact) mass is 471 g/mol. The Balaban J connectivity index is 1.51. The molecule has 3 heterocycles. The van der Waals surface area contributed by atoms with Crippen molar-refractivity contribution in [3.05, 3.63) is 52.8 Å². The number of amides is 1. The van der Waals surface area contributed by atoms with Crippen LogP contribution in [-0.2, 0) is 10.8 Å². The molecule has 7 heteroatoms. The first-order chi connectivity index (χ1) is 15.1. The summed E-state index contributed by atoms with van der Waals surface area (Å²) in [5.41, 5.74) is 3.67. The molecular weight excluding hydrogens is 438 g/mol. The molecule has 1 fully saturated rings. The fraction of sp³-hybridized carbons (Fsp3) is 0.520. The van der Waals surface area contributed by atoms with E-state index in [0.717, 1.165) is 54.9 Å². The molecule has 1 atom stereocenters. The Morgan fingerprint density at radius 1 is 1.16 bits per heavy atom. The van der Waals surface area contributed by atoms with E-state index in [9.17, 15) is 4.79 Å². The lowest BCUT2D eigenvalue weighted by Crippen LogP contribution is -2.45. The second kappa shape index (κ2) is 8.80. The maximum absolute atomic E-state index is 13.2. The van der Waals surface area contributed by atoms with E-state index < -0.39 is 8.32 Å². The minimum absolute atomic E-state index is 0.0149. The maximum atomic E-state index is 13.2. The number of halogens is 1. The molecule has 0 unspecified atom stereocenters. The van der Waals surface area contributed by atoms with Crippen molar-refractivity contribution in [2.45, 2.75) is 64.2 Å². The van der Waals surface area contributed by atoms with Gasteiger partial charge in [0.25, 0.3) is 5.91 Å². The molecule has 2 aliphatic rings. The van der Waals surface area contributed by atoms with Gasteiger partial charge in [0.1, 0.15) is 0 Å². The van der Waals surface area contributed by atoms with Crippen LogP contribution < -0.4 is 9.80 Å². The van der Waals surface area contributed by atoms with Crippen molar-refractivity contribution >= 4 is 37.2 Å². The fourth-order valence-electron chi connectivity index (χ4n) is 4.29. The van der Waals surface area contributed by atoms with Crippen molar-refractivity contribution in [1.82, 2.24) is 4.98 Å². The number of anilines is 2. The molecule has 2 aromatic rings.